The number of rotatable bonds is 5. The highest BCUT2D eigenvalue weighted by molar-refractivity contribution is 4.75. The second-order valence-corrected chi connectivity index (χ2v) is 5.48. The average Bonchev–Trinajstić information content (AvgIpc) is 2.27. The smallest absolute Gasteiger partial charge is 0.175 e. The molecule has 0 saturated heterocycles. The molecule has 1 atom stereocenters. The topological polar surface area (TPSA) is 34.0 Å². The molecule has 0 N–H and O–H groups in total. The van der Waals surface area contributed by atoms with Crippen LogP contribution in [0.5, 0.6) is 0 Å². The summed E-state index contributed by atoms with van der Waals surface area (Å²) in [6.45, 7) is 6.40. The van der Waals surface area contributed by atoms with Crippen molar-refractivity contribution in [2.24, 2.45) is 16.1 Å². The van der Waals surface area contributed by atoms with Gasteiger partial charge in [0.05, 0.1) is 6.04 Å². The Bertz CT molecular complexity index is 222. The molecule has 1 aliphatic rings. The summed E-state index contributed by atoms with van der Waals surface area (Å²) in [7, 11) is 1.72. The Hall–Kier alpha value is -0.440. The third-order valence-corrected chi connectivity index (χ3v) is 3.23. The first kappa shape index (κ1) is 13.6. The molecule has 0 bridgehead atoms. The van der Waals surface area contributed by atoms with Gasteiger partial charge in [-0.3, -0.25) is 0 Å². The quantitative estimate of drug-likeness (QED) is 0.647. The lowest BCUT2D eigenvalue weighted by atomic mass is 9.96. The summed E-state index contributed by atoms with van der Waals surface area (Å²) < 4.78 is 5.48. The van der Waals surface area contributed by atoms with Crippen LogP contribution < -0.4 is 0 Å². The van der Waals surface area contributed by atoms with Gasteiger partial charge in [-0.2, -0.15) is 10.2 Å². The van der Waals surface area contributed by atoms with E-state index in [1.54, 1.807) is 7.11 Å². The fraction of sp³-hybridized carbons (Fsp3) is 1.00. The Labute approximate surface area is 99.7 Å². The Balaban J connectivity index is 2.49. The first-order valence-electron chi connectivity index (χ1n) is 6.53. The number of methoxy groups -OCH3 is 1. The molecular weight excluding hydrogens is 200 g/mol. The van der Waals surface area contributed by atoms with Gasteiger partial charge in [0.25, 0.3) is 0 Å². The van der Waals surface area contributed by atoms with Crippen LogP contribution in [0, 0.1) is 5.92 Å². The van der Waals surface area contributed by atoms with E-state index < -0.39 is 5.72 Å². The number of hydrogen-bond acceptors (Lipinski definition) is 3. The molecule has 0 aliphatic heterocycles. The van der Waals surface area contributed by atoms with Crippen molar-refractivity contribution >= 4 is 0 Å². The van der Waals surface area contributed by atoms with E-state index in [-0.39, 0.29) is 0 Å². The molecular formula is C13H26N2O. The van der Waals surface area contributed by atoms with E-state index in [4.69, 9.17) is 4.74 Å². The second-order valence-electron chi connectivity index (χ2n) is 5.48. The second kappa shape index (κ2) is 6.33. The molecule has 94 valence electrons. The van der Waals surface area contributed by atoms with Crippen molar-refractivity contribution in [2.75, 3.05) is 7.11 Å². The summed E-state index contributed by atoms with van der Waals surface area (Å²) >= 11 is 0. The predicted octanol–water partition coefficient (Wildman–Crippen LogP) is 4.18. The number of nitrogens with zero attached hydrogens (tertiary/aromatic N) is 2. The maximum absolute atomic E-state index is 5.48. The zero-order valence-electron chi connectivity index (χ0n) is 11.2. The van der Waals surface area contributed by atoms with Gasteiger partial charge in [0, 0.05) is 13.5 Å². The van der Waals surface area contributed by atoms with Gasteiger partial charge in [0.15, 0.2) is 5.72 Å². The van der Waals surface area contributed by atoms with E-state index in [1.165, 1.54) is 32.1 Å². The van der Waals surface area contributed by atoms with Gasteiger partial charge < -0.3 is 4.74 Å². The highest BCUT2D eigenvalue weighted by Crippen LogP contribution is 2.25. The van der Waals surface area contributed by atoms with Crippen molar-refractivity contribution in [2.45, 2.75) is 71.1 Å². The number of azo groups is 1. The van der Waals surface area contributed by atoms with Crippen LogP contribution in [-0.2, 0) is 4.74 Å². The van der Waals surface area contributed by atoms with Crippen LogP contribution in [0.25, 0.3) is 0 Å². The summed E-state index contributed by atoms with van der Waals surface area (Å²) in [5, 5.41) is 8.92. The molecule has 0 aromatic rings. The maximum Gasteiger partial charge on any atom is 0.175 e. The van der Waals surface area contributed by atoms with Gasteiger partial charge in [-0.05, 0) is 25.7 Å². The minimum Gasteiger partial charge on any atom is -0.356 e. The molecule has 0 aromatic carbocycles. The van der Waals surface area contributed by atoms with Crippen molar-refractivity contribution in [3.63, 3.8) is 0 Å². The fourth-order valence-electron chi connectivity index (χ4n) is 2.32. The summed E-state index contributed by atoms with van der Waals surface area (Å²) in [6, 6.07) is 0.440. The van der Waals surface area contributed by atoms with E-state index >= 15 is 0 Å². The Morgan fingerprint density at radius 3 is 2.38 bits per heavy atom. The number of hydrogen-bond donors (Lipinski definition) is 0. The molecule has 0 aromatic heterocycles. The summed E-state index contributed by atoms with van der Waals surface area (Å²) in [5.41, 5.74) is -0.425. The van der Waals surface area contributed by atoms with Crippen molar-refractivity contribution in [1.29, 1.82) is 0 Å². The highest BCUT2D eigenvalue weighted by Gasteiger charge is 2.25. The van der Waals surface area contributed by atoms with Gasteiger partial charge >= 0.3 is 0 Å². The first-order chi connectivity index (χ1) is 7.56. The molecule has 16 heavy (non-hydrogen) atoms. The lowest BCUT2D eigenvalue weighted by Crippen LogP contribution is -2.26. The molecule has 0 spiro atoms. The third-order valence-electron chi connectivity index (χ3n) is 3.23. The van der Waals surface area contributed by atoms with E-state index in [1.807, 2.05) is 6.92 Å². The summed E-state index contributed by atoms with van der Waals surface area (Å²) in [4.78, 5) is 0. The monoisotopic (exact) mass is 226 g/mol. The van der Waals surface area contributed by atoms with Crippen LogP contribution in [0.15, 0.2) is 10.2 Å². The van der Waals surface area contributed by atoms with Crippen molar-refractivity contribution in [1.82, 2.24) is 0 Å². The highest BCUT2D eigenvalue weighted by atomic mass is 16.5. The molecule has 3 nitrogen and oxygen atoms in total. The average molecular weight is 226 g/mol. The van der Waals surface area contributed by atoms with Crippen LogP contribution in [0.1, 0.15) is 59.3 Å². The lowest BCUT2D eigenvalue weighted by Gasteiger charge is -2.25. The molecule has 0 radical (unpaired) electrons. The fourth-order valence-corrected chi connectivity index (χ4v) is 2.32. The normalized spacial score (nSPS) is 22.8. The SMILES string of the molecule is COC(C)(CC(C)C)N=NC1CCCCC1. The first-order valence-corrected chi connectivity index (χ1v) is 6.53. The minimum atomic E-state index is -0.425. The molecule has 0 heterocycles. The van der Waals surface area contributed by atoms with Crippen molar-refractivity contribution in [3.8, 4) is 0 Å². The lowest BCUT2D eigenvalue weighted by molar-refractivity contribution is -0.0106. The zero-order chi connectivity index (χ0) is 12.0. The van der Waals surface area contributed by atoms with E-state index in [9.17, 15) is 0 Å². The van der Waals surface area contributed by atoms with Gasteiger partial charge in [0.1, 0.15) is 0 Å². The third kappa shape index (κ3) is 4.60. The van der Waals surface area contributed by atoms with Gasteiger partial charge in [-0.1, -0.05) is 33.1 Å². The zero-order valence-corrected chi connectivity index (χ0v) is 11.2. The minimum absolute atomic E-state index is 0.425. The summed E-state index contributed by atoms with van der Waals surface area (Å²) in [5.74, 6) is 0.579. The van der Waals surface area contributed by atoms with Gasteiger partial charge in [-0.15, -0.1) is 0 Å². The van der Waals surface area contributed by atoms with E-state index in [0.717, 1.165) is 6.42 Å². The van der Waals surface area contributed by atoms with Crippen molar-refractivity contribution < 1.29 is 4.74 Å². The van der Waals surface area contributed by atoms with Crippen LogP contribution in [0.3, 0.4) is 0 Å². The van der Waals surface area contributed by atoms with Gasteiger partial charge in [0.2, 0.25) is 0 Å². The molecule has 1 aliphatic carbocycles. The predicted molar refractivity (Wildman–Crippen MR) is 66.6 cm³/mol. The van der Waals surface area contributed by atoms with Crippen LogP contribution in [-0.4, -0.2) is 18.9 Å². The van der Waals surface area contributed by atoms with E-state index in [0.29, 0.717) is 12.0 Å². The molecule has 1 saturated carbocycles. The molecule has 1 fully saturated rings. The Kier molecular flexibility index (Phi) is 5.39. The standard InChI is InChI=1S/C13H26N2O/c1-11(2)10-13(3,16-4)15-14-12-8-6-5-7-9-12/h11-12H,5-10H2,1-4H3. The van der Waals surface area contributed by atoms with Crippen LogP contribution in [0.4, 0.5) is 0 Å². The van der Waals surface area contributed by atoms with Crippen LogP contribution in [0.2, 0.25) is 0 Å². The Morgan fingerprint density at radius 1 is 1.25 bits per heavy atom. The number of ether oxygens (including phenoxy) is 1. The van der Waals surface area contributed by atoms with Crippen molar-refractivity contribution in [3.05, 3.63) is 0 Å². The largest absolute Gasteiger partial charge is 0.356 e. The molecule has 0 amide bonds. The van der Waals surface area contributed by atoms with Crippen LogP contribution >= 0.6 is 0 Å². The molecule has 1 rings (SSSR count). The van der Waals surface area contributed by atoms with Gasteiger partial charge in [-0.25, -0.2) is 0 Å². The summed E-state index contributed by atoms with van der Waals surface area (Å²) in [6.07, 6.45) is 7.30. The Morgan fingerprint density at radius 2 is 1.88 bits per heavy atom. The van der Waals surface area contributed by atoms with E-state index in [2.05, 4.69) is 24.1 Å². The maximum atomic E-state index is 5.48. The molecule has 1 unspecified atom stereocenters. The molecule has 3 heteroatoms.